The van der Waals surface area contributed by atoms with Gasteiger partial charge in [0.25, 0.3) is 5.88 Å². The number of carbonyl (C=O) groups is 1. The van der Waals surface area contributed by atoms with Crippen molar-refractivity contribution in [1.29, 1.82) is 0 Å². The maximum atomic E-state index is 12.9. The quantitative estimate of drug-likeness (QED) is 0.209. The molecule has 1 N–H and O–H groups in total. The second kappa shape index (κ2) is 16.2. The number of benzene rings is 1. The number of hydrogen-bond acceptors (Lipinski definition) is 6. The van der Waals surface area contributed by atoms with E-state index in [4.69, 9.17) is 9.47 Å². The monoisotopic (exact) mass is 585 g/mol. The first-order chi connectivity index (χ1) is 19.3. The molecule has 0 bridgehead atoms. The summed E-state index contributed by atoms with van der Waals surface area (Å²) in [7, 11) is 0. The Morgan fingerprint density at radius 2 is 1.68 bits per heavy atom. The summed E-state index contributed by atoms with van der Waals surface area (Å²) in [6.45, 7) is 5.09. The lowest BCUT2D eigenvalue weighted by atomic mass is 10.1. The zero-order valence-electron chi connectivity index (χ0n) is 24.2. The van der Waals surface area contributed by atoms with Gasteiger partial charge in [0.15, 0.2) is 5.60 Å². The summed E-state index contributed by atoms with van der Waals surface area (Å²) in [5, 5.41) is 13.2. The van der Waals surface area contributed by atoms with Gasteiger partial charge < -0.3 is 14.6 Å². The van der Waals surface area contributed by atoms with Crippen LogP contribution in [0, 0.1) is 0 Å². The zero-order valence-corrected chi connectivity index (χ0v) is 24.2. The van der Waals surface area contributed by atoms with Crippen molar-refractivity contribution in [2.75, 3.05) is 6.61 Å². The summed E-state index contributed by atoms with van der Waals surface area (Å²) >= 11 is 0. The molecular formula is C29H42F3N3O6. The lowest BCUT2D eigenvalue weighted by Crippen LogP contribution is -2.42. The van der Waals surface area contributed by atoms with Gasteiger partial charge in [0.2, 0.25) is 0 Å². The third-order valence-corrected chi connectivity index (χ3v) is 6.54. The van der Waals surface area contributed by atoms with Crippen LogP contribution in [0.2, 0.25) is 0 Å². The van der Waals surface area contributed by atoms with Gasteiger partial charge in [0, 0.05) is 19.5 Å². The fraction of sp³-hybridized carbons (Fsp3) is 0.655. The fourth-order valence-corrected chi connectivity index (χ4v) is 4.15. The Kier molecular flexibility index (Phi) is 13.4. The Labute approximate surface area is 238 Å². The Hall–Kier alpha value is -3.31. The summed E-state index contributed by atoms with van der Waals surface area (Å²) in [4.78, 5) is 37.0. The molecule has 0 amide bonds. The third kappa shape index (κ3) is 12.0. The first-order valence-electron chi connectivity index (χ1n) is 14.3. The van der Waals surface area contributed by atoms with Gasteiger partial charge in [-0.1, -0.05) is 44.7 Å². The van der Waals surface area contributed by atoms with E-state index in [-0.39, 0.29) is 32.0 Å². The minimum Gasteiger partial charge on any atom is -0.478 e. The molecule has 0 aliphatic rings. The topological polar surface area (TPSA) is 113 Å². The van der Waals surface area contributed by atoms with Crippen molar-refractivity contribution in [3.63, 3.8) is 0 Å². The average Bonchev–Trinajstić information content (AvgIpc) is 2.89. The SMILES string of the molecule is CCCCCCCn1c(=O)c(OCCCCCc2cccc(OC(C)(C)C(=O)O)c2)nn(CCCC(F)(F)F)c1=O. The maximum absolute atomic E-state index is 12.9. The second-order valence-corrected chi connectivity index (χ2v) is 10.6. The largest absolute Gasteiger partial charge is 0.478 e. The molecule has 0 spiro atoms. The summed E-state index contributed by atoms with van der Waals surface area (Å²) in [6.07, 6.45) is 1.62. The average molecular weight is 586 g/mol. The number of carboxylic acid groups (broad SMARTS) is 1. The number of unbranched alkanes of at least 4 members (excludes halogenated alkanes) is 6. The molecule has 0 unspecified atom stereocenters. The first kappa shape index (κ1) is 33.9. The van der Waals surface area contributed by atoms with Crippen LogP contribution in [0.25, 0.3) is 0 Å². The molecule has 0 atom stereocenters. The van der Waals surface area contributed by atoms with Crippen molar-refractivity contribution in [2.24, 2.45) is 0 Å². The second-order valence-electron chi connectivity index (χ2n) is 10.6. The molecule has 41 heavy (non-hydrogen) atoms. The molecule has 0 saturated carbocycles. The van der Waals surface area contributed by atoms with E-state index in [0.717, 1.165) is 59.8 Å². The molecule has 230 valence electrons. The van der Waals surface area contributed by atoms with Crippen LogP contribution in [0.15, 0.2) is 33.9 Å². The minimum absolute atomic E-state index is 0.159. The molecule has 1 aromatic heterocycles. The number of hydrogen-bond donors (Lipinski definition) is 1. The molecule has 0 aliphatic carbocycles. The molecule has 1 aromatic carbocycles. The van der Waals surface area contributed by atoms with Crippen LogP contribution in [-0.2, 0) is 24.3 Å². The van der Waals surface area contributed by atoms with Crippen LogP contribution >= 0.6 is 0 Å². The summed E-state index contributed by atoms with van der Waals surface area (Å²) in [5.41, 5.74) is -1.76. The normalized spacial score (nSPS) is 12.0. The summed E-state index contributed by atoms with van der Waals surface area (Å²) < 4.78 is 51.0. The van der Waals surface area contributed by atoms with Crippen LogP contribution in [0.5, 0.6) is 11.6 Å². The lowest BCUT2D eigenvalue weighted by molar-refractivity contribution is -0.152. The van der Waals surface area contributed by atoms with Gasteiger partial charge in [-0.15, -0.1) is 5.10 Å². The van der Waals surface area contributed by atoms with E-state index >= 15 is 0 Å². The number of ether oxygens (including phenoxy) is 2. The van der Waals surface area contributed by atoms with Crippen molar-refractivity contribution in [3.8, 4) is 11.6 Å². The van der Waals surface area contributed by atoms with Crippen LogP contribution in [0.4, 0.5) is 13.2 Å². The van der Waals surface area contributed by atoms with Gasteiger partial charge in [0.1, 0.15) is 5.75 Å². The molecule has 0 saturated heterocycles. The highest BCUT2D eigenvalue weighted by atomic mass is 19.4. The van der Waals surface area contributed by atoms with Gasteiger partial charge in [-0.05, 0) is 70.1 Å². The van der Waals surface area contributed by atoms with Gasteiger partial charge in [0.05, 0.1) is 6.61 Å². The summed E-state index contributed by atoms with van der Waals surface area (Å²) in [6, 6.07) is 7.23. The van der Waals surface area contributed by atoms with E-state index < -0.39 is 35.4 Å². The van der Waals surface area contributed by atoms with Crippen molar-refractivity contribution in [1.82, 2.24) is 14.3 Å². The molecule has 12 heteroatoms. The van der Waals surface area contributed by atoms with Crippen LogP contribution in [0.3, 0.4) is 0 Å². The highest BCUT2D eigenvalue weighted by molar-refractivity contribution is 5.76. The molecule has 2 aromatic rings. The van der Waals surface area contributed by atoms with Gasteiger partial charge in [-0.25, -0.2) is 14.3 Å². The Morgan fingerprint density at radius 3 is 2.37 bits per heavy atom. The maximum Gasteiger partial charge on any atom is 0.389 e. The van der Waals surface area contributed by atoms with Crippen molar-refractivity contribution in [2.45, 2.75) is 116 Å². The number of carboxylic acids is 1. The van der Waals surface area contributed by atoms with E-state index in [1.165, 1.54) is 13.8 Å². The molecule has 1 heterocycles. The predicted molar refractivity (Wildman–Crippen MR) is 149 cm³/mol. The molecule has 9 nitrogen and oxygen atoms in total. The Bertz CT molecular complexity index is 1220. The highest BCUT2D eigenvalue weighted by Crippen LogP contribution is 2.22. The van der Waals surface area contributed by atoms with Crippen molar-refractivity contribution >= 4 is 5.97 Å². The van der Waals surface area contributed by atoms with E-state index in [1.807, 2.05) is 6.07 Å². The number of aliphatic carboxylic acids is 1. The number of rotatable bonds is 19. The Balaban J connectivity index is 1.96. The molecular weight excluding hydrogens is 543 g/mol. The lowest BCUT2D eigenvalue weighted by Gasteiger charge is -2.21. The van der Waals surface area contributed by atoms with Crippen molar-refractivity contribution in [3.05, 3.63) is 50.7 Å². The Morgan fingerprint density at radius 1 is 0.976 bits per heavy atom. The van der Waals surface area contributed by atoms with Crippen LogP contribution in [-0.4, -0.2) is 43.8 Å². The van der Waals surface area contributed by atoms with Gasteiger partial charge in [-0.3, -0.25) is 9.36 Å². The molecule has 0 aliphatic heterocycles. The first-order valence-corrected chi connectivity index (χ1v) is 14.3. The molecule has 2 rings (SSSR count). The third-order valence-electron chi connectivity index (χ3n) is 6.54. The minimum atomic E-state index is -4.35. The number of nitrogens with zero attached hydrogens (tertiary/aromatic N) is 3. The smallest absolute Gasteiger partial charge is 0.389 e. The van der Waals surface area contributed by atoms with Crippen LogP contribution in [0.1, 0.15) is 90.5 Å². The van der Waals surface area contributed by atoms with Gasteiger partial charge in [-0.2, -0.15) is 13.2 Å². The van der Waals surface area contributed by atoms with Crippen LogP contribution < -0.4 is 20.7 Å². The van der Waals surface area contributed by atoms with E-state index in [0.29, 0.717) is 18.6 Å². The van der Waals surface area contributed by atoms with Gasteiger partial charge >= 0.3 is 23.4 Å². The number of halogens is 3. The highest BCUT2D eigenvalue weighted by Gasteiger charge is 2.29. The number of aryl methyl sites for hydroxylation is 2. The van der Waals surface area contributed by atoms with E-state index in [1.54, 1.807) is 18.2 Å². The van der Waals surface area contributed by atoms with Crippen molar-refractivity contribution < 1.29 is 32.5 Å². The molecule has 0 radical (unpaired) electrons. The standard InChI is InChI=1S/C29H42F3N3O6/c1-4-5-6-7-10-18-34-25(36)24(33-35(27(34)39)19-13-17-29(30,31)32)40-20-11-8-9-14-22-15-12-16-23(21-22)41-28(2,3)26(37)38/h12,15-16,21H,4-11,13-14,17-20H2,1-3H3,(H,37,38). The van der Waals surface area contributed by atoms with E-state index in [2.05, 4.69) is 12.0 Å². The summed E-state index contributed by atoms with van der Waals surface area (Å²) in [5.74, 6) is -0.875. The number of alkyl halides is 3. The number of aromatic nitrogens is 3. The fourth-order valence-electron chi connectivity index (χ4n) is 4.15. The predicted octanol–water partition coefficient (Wildman–Crippen LogP) is 5.75. The van der Waals surface area contributed by atoms with E-state index in [9.17, 15) is 32.7 Å². The molecule has 0 fully saturated rings. The zero-order chi connectivity index (χ0) is 30.5.